The molecule has 2 nitrogen and oxygen atoms in total. The molecule has 1 aliphatic heterocycles. The van der Waals surface area contributed by atoms with E-state index < -0.39 is 0 Å². The van der Waals surface area contributed by atoms with Crippen LogP contribution < -0.4 is 5.32 Å². The van der Waals surface area contributed by atoms with E-state index >= 15 is 0 Å². The zero-order valence-electron chi connectivity index (χ0n) is 12.1. The van der Waals surface area contributed by atoms with Crippen molar-refractivity contribution in [3.63, 3.8) is 0 Å². The Morgan fingerprint density at radius 2 is 2.06 bits per heavy atom. The third kappa shape index (κ3) is 6.12. The maximum absolute atomic E-state index is 3.77. The van der Waals surface area contributed by atoms with Crippen LogP contribution >= 0.6 is 11.8 Å². The van der Waals surface area contributed by atoms with Gasteiger partial charge in [0, 0.05) is 17.3 Å². The van der Waals surface area contributed by atoms with E-state index in [4.69, 9.17) is 0 Å². The van der Waals surface area contributed by atoms with Gasteiger partial charge in [-0.1, -0.05) is 6.92 Å². The van der Waals surface area contributed by atoms with Crippen LogP contribution in [0.5, 0.6) is 0 Å². The normalized spacial score (nSPS) is 23.6. The first-order valence-electron chi connectivity index (χ1n) is 7.08. The van der Waals surface area contributed by atoms with Crippen LogP contribution in [0.4, 0.5) is 0 Å². The molecule has 3 heteroatoms. The van der Waals surface area contributed by atoms with E-state index in [1.54, 1.807) is 0 Å². The number of nitrogens with one attached hydrogen (secondary N) is 1. The zero-order valence-corrected chi connectivity index (χ0v) is 12.9. The van der Waals surface area contributed by atoms with Crippen molar-refractivity contribution < 1.29 is 0 Å². The average molecular weight is 258 g/mol. The summed E-state index contributed by atoms with van der Waals surface area (Å²) in [4.78, 5) is 2.63. The molecule has 0 aromatic rings. The molecule has 0 bridgehead atoms. The van der Waals surface area contributed by atoms with Crippen LogP contribution in [0, 0.1) is 0 Å². The van der Waals surface area contributed by atoms with Gasteiger partial charge in [-0.3, -0.25) is 0 Å². The highest BCUT2D eigenvalue weighted by Gasteiger charge is 2.20. The van der Waals surface area contributed by atoms with Crippen molar-refractivity contribution in [1.29, 1.82) is 0 Å². The van der Waals surface area contributed by atoms with Gasteiger partial charge in [-0.15, -0.1) is 0 Å². The molecule has 0 aromatic heterocycles. The standard InChI is InChI=1S/C14H30N2S/c1-5-9-16-10-6-7-13(8-11-16)15-12-14(2,3)17-4/h13,15H,5-12H2,1-4H3. The fraction of sp³-hybridized carbons (Fsp3) is 1.00. The topological polar surface area (TPSA) is 15.3 Å². The summed E-state index contributed by atoms with van der Waals surface area (Å²) in [6, 6.07) is 0.739. The van der Waals surface area contributed by atoms with Crippen LogP contribution in [0.15, 0.2) is 0 Å². The van der Waals surface area contributed by atoms with Gasteiger partial charge >= 0.3 is 0 Å². The molecule has 1 unspecified atom stereocenters. The van der Waals surface area contributed by atoms with Crippen LogP contribution in [0.25, 0.3) is 0 Å². The Morgan fingerprint density at radius 3 is 2.71 bits per heavy atom. The minimum Gasteiger partial charge on any atom is -0.313 e. The first kappa shape index (κ1) is 15.3. The van der Waals surface area contributed by atoms with Gasteiger partial charge in [-0.2, -0.15) is 11.8 Å². The highest BCUT2D eigenvalue weighted by atomic mass is 32.2. The van der Waals surface area contributed by atoms with E-state index in [0.717, 1.165) is 12.6 Å². The molecule has 0 saturated carbocycles. The zero-order chi connectivity index (χ0) is 12.7. The van der Waals surface area contributed by atoms with Crippen LogP contribution in [-0.2, 0) is 0 Å². The molecule has 0 aliphatic carbocycles. The predicted octanol–water partition coefficient (Wildman–Crippen LogP) is 2.98. The van der Waals surface area contributed by atoms with Crippen molar-refractivity contribution in [2.75, 3.05) is 32.4 Å². The molecule has 17 heavy (non-hydrogen) atoms. The van der Waals surface area contributed by atoms with E-state index in [0.29, 0.717) is 4.75 Å². The quantitative estimate of drug-likeness (QED) is 0.788. The lowest BCUT2D eigenvalue weighted by Crippen LogP contribution is -2.39. The molecule has 1 N–H and O–H groups in total. The summed E-state index contributed by atoms with van der Waals surface area (Å²) < 4.78 is 0.370. The predicted molar refractivity (Wildman–Crippen MR) is 80.0 cm³/mol. The first-order valence-corrected chi connectivity index (χ1v) is 8.31. The van der Waals surface area contributed by atoms with Gasteiger partial charge < -0.3 is 10.2 Å². The molecule has 1 heterocycles. The molecular formula is C14H30N2S. The van der Waals surface area contributed by atoms with Gasteiger partial charge in [-0.05, 0) is 65.4 Å². The van der Waals surface area contributed by atoms with Crippen molar-refractivity contribution in [2.45, 2.75) is 57.2 Å². The Kier molecular flexibility index (Phi) is 6.90. The van der Waals surface area contributed by atoms with E-state index in [-0.39, 0.29) is 0 Å². The van der Waals surface area contributed by atoms with Crippen molar-refractivity contribution in [3.8, 4) is 0 Å². The van der Waals surface area contributed by atoms with Gasteiger partial charge in [-0.25, -0.2) is 0 Å². The molecule has 102 valence electrons. The summed E-state index contributed by atoms with van der Waals surface area (Å²) in [7, 11) is 0. The lowest BCUT2D eigenvalue weighted by atomic mass is 10.1. The first-order chi connectivity index (χ1) is 8.07. The highest BCUT2D eigenvalue weighted by molar-refractivity contribution is 7.99. The number of rotatable bonds is 6. The Bertz CT molecular complexity index is 206. The van der Waals surface area contributed by atoms with E-state index in [1.165, 1.54) is 45.3 Å². The van der Waals surface area contributed by atoms with E-state index in [2.05, 4.69) is 37.2 Å². The van der Waals surface area contributed by atoms with Crippen molar-refractivity contribution >= 4 is 11.8 Å². The third-order valence-electron chi connectivity index (χ3n) is 3.73. The second-order valence-corrected chi connectivity index (χ2v) is 7.33. The molecule has 0 amide bonds. The molecule has 0 radical (unpaired) electrons. The fourth-order valence-electron chi connectivity index (χ4n) is 2.36. The van der Waals surface area contributed by atoms with Crippen LogP contribution in [0.3, 0.4) is 0 Å². The smallest absolute Gasteiger partial charge is 0.0225 e. The molecule has 1 atom stereocenters. The monoisotopic (exact) mass is 258 g/mol. The van der Waals surface area contributed by atoms with Gasteiger partial charge in [0.05, 0.1) is 0 Å². The Morgan fingerprint density at radius 1 is 1.29 bits per heavy atom. The average Bonchev–Trinajstić information content (AvgIpc) is 2.53. The van der Waals surface area contributed by atoms with E-state index in [1.807, 2.05) is 11.8 Å². The number of nitrogens with zero attached hydrogens (tertiary/aromatic N) is 1. The number of hydrogen-bond donors (Lipinski definition) is 1. The van der Waals surface area contributed by atoms with Crippen LogP contribution in [0.1, 0.15) is 46.5 Å². The van der Waals surface area contributed by atoms with Gasteiger partial charge in [0.2, 0.25) is 0 Å². The van der Waals surface area contributed by atoms with Gasteiger partial charge in [0.25, 0.3) is 0 Å². The minimum absolute atomic E-state index is 0.370. The summed E-state index contributed by atoms with van der Waals surface area (Å²) in [6.45, 7) is 11.9. The second-order valence-electron chi connectivity index (χ2n) is 5.81. The fourth-order valence-corrected chi connectivity index (χ4v) is 2.59. The summed E-state index contributed by atoms with van der Waals surface area (Å²) in [6.07, 6.45) is 7.53. The van der Waals surface area contributed by atoms with Gasteiger partial charge in [0.15, 0.2) is 0 Å². The largest absolute Gasteiger partial charge is 0.313 e. The molecule has 1 aliphatic rings. The molecule has 1 saturated heterocycles. The maximum atomic E-state index is 3.77. The van der Waals surface area contributed by atoms with Gasteiger partial charge in [0.1, 0.15) is 0 Å². The Balaban J connectivity index is 2.27. The van der Waals surface area contributed by atoms with E-state index in [9.17, 15) is 0 Å². The number of likely N-dealkylation sites (tertiary alicyclic amines) is 1. The second kappa shape index (κ2) is 7.65. The van der Waals surface area contributed by atoms with Crippen molar-refractivity contribution in [1.82, 2.24) is 10.2 Å². The van der Waals surface area contributed by atoms with Crippen molar-refractivity contribution in [2.24, 2.45) is 0 Å². The Hall–Kier alpha value is 0.270. The number of thioether (sulfide) groups is 1. The molecular weight excluding hydrogens is 228 g/mol. The molecule has 1 rings (SSSR count). The minimum atomic E-state index is 0.370. The Labute approximate surface area is 112 Å². The van der Waals surface area contributed by atoms with Crippen LogP contribution in [-0.4, -0.2) is 48.1 Å². The maximum Gasteiger partial charge on any atom is 0.0225 e. The van der Waals surface area contributed by atoms with Crippen LogP contribution in [0.2, 0.25) is 0 Å². The summed E-state index contributed by atoms with van der Waals surface area (Å²) in [5, 5.41) is 3.77. The summed E-state index contributed by atoms with van der Waals surface area (Å²) in [5.41, 5.74) is 0. The molecule has 0 spiro atoms. The SMILES string of the molecule is CCCN1CCCC(NCC(C)(C)SC)CC1. The lowest BCUT2D eigenvalue weighted by Gasteiger charge is -2.26. The molecule has 0 aromatic carbocycles. The number of hydrogen-bond acceptors (Lipinski definition) is 3. The summed E-state index contributed by atoms with van der Waals surface area (Å²) >= 11 is 1.96. The third-order valence-corrected chi connectivity index (χ3v) is 4.98. The van der Waals surface area contributed by atoms with Crippen molar-refractivity contribution in [3.05, 3.63) is 0 Å². The molecule has 1 fully saturated rings. The summed E-state index contributed by atoms with van der Waals surface area (Å²) in [5.74, 6) is 0. The lowest BCUT2D eigenvalue weighted by molar-refractivity contribution is 0.282. The highest BCUT2D eigenvalue weighted by Crippen LogP contribution is 2.21.